The number of H-pyrrole nitrogens is 1. The van der Waals surface area contributed by atoms with Gasteiger partial charge in [0, 0.05) is 28.3 Å². The zero-order valence-corrected chi connectivity index (χ0v) is 14.2. The van der Waals surface area contributed by atoms with Crippen LogP contribution in [0.2, 0.25) is 0 Å². The summed E-state index contributed by atoms with van der Waals surface area (Å²) in [5, 5.41) is 7.76. The van der Waals surface area contributed by atoms with Crippen LogP contribution in [0.1, 0.15) is 37.8 Å². The zero-order valence-electron chi connectivity index (χ0n) is 13.4. The summed E-state index contributed by atoms with van der Waals surface area (Å²) in [6.45, 7) is 2.04. The highest BCUT2D eigenvalue weighted by Gasteiger charge is 2.38. The Balaban J connectivity index is 0.00000156. The zero-order chi connectivity index (χ0) is 15.1. The van der Waals surface area contributed by atoms with E-state index in [0.29, 0.717) is 12.0 Å². The molecule has 0 spiro atoms. The van der Waals surface area contributed by atoms with E-state index < -0.39 is 0 Å². The largest absolute Gasteiger partial charge is 0.359 e. The number of nitrogens with one attached hydrogen (secondary N) is 3. The maximum atomic E-state index is 12.5. The Bertz CT molecular complexity index is 697. The van der Waals surface area contributed by atoms with Crippen LogP contribution < -0.4 is 10.6 Å². The molecule has 1 aliphatic heterocycles. The number of aryl methyl sites for hydroxylation is 1. The van der Waals surface area contributed by atoms with E-state index in [9.17, 15) is 4.79 Å². The summed E-state index contributed by atoms with van der Waals surface area (Å²) in [4.78, 5) is 15.8. The molecule has 2 fully saturated rings. The number of fused-ring (bicyclic) bond motifs is 2. The molecule has 1 saturated carbocycles. The van der Waals surface area contributed by atoms with Crippen LogP contribution in [-0.4, -0.2) is 23.0 Å². The fourth-order valence-electron chi connectivity index (χ4n) is 4.11. The second-order valence-corrected chi connectivity index (χ2v) is 6.85. The SMILES string of the molecule is Cc1cc2cc(NC(=O)C3CC4CCCCC4N3)ccc2[nH]1.Cl. The Morgan fingerprint density at radius 3 is 2.87 bits per heavy atom. The van der Waals surface area contributed by atoms with Gasteiger partial charge < -0.3 is 15.6 Å². The standard InChI is InChI=1S/C18H23N3O.ClH/c1-11-8-13-9-14(6-7-16(13)19-11)20-18(22)17-10-12-4-2-3-5-15(12)21-17;/h6-9,12,15,17,19,21H,2-5,10H2,1H3,(H,20,22);1H. The van der Waals surface area contributed by atoms with Crippen molar-refractivity contribution in [1.82, 2.24) is 10.3 Å². The van der Waals surface area contributed by atoms with E-state index in [0.717, 1.165) is 28.7 Å². The molecule has 2 heterocycles. The molecule has 1 aromatic heterocycles. The number of carbonyl (C=O) groups excluding carboxylic acids is 1. The van der Waals surface area contributed by atoms with Crippen molar-refractivity contribution in [3.63, 3.8) is 0 Å². The van der Waals surface area contributed by atoms with Crippen molar-refractivity contribution >= 4 is 34.9 Å². The first-order valence-corrected chi connectivity index (χ1v) is 8.35. The van der Waals surface area contributed by atoms with Gasteiger partial charge in [-0.15, -0.1) is 12.4 Å². The van der Waals surface area contributed by atoms with Crippen LogP contribution in [0.15, 0.2) is 24.3 Å². The third kappa shape index (κ3) is 3.24. The summed E-state index contributed by atoms with van der Waals surface area (Å²) < 4.78 is 0. The first-order chi connectivity index (χ1) is 10.7. The number of benzene rings is 1. The van der Waals surface area contributed by atoms with Gasteiger partial charge in [0.25, 0.3) is 0 Å². The highest BCUT2D eigenvalue weighted by atomic mass is 35.5. The van der Waals surface area contributed by atoms with Gasteiger partial charge in [-0.2, -0.15) is 0 Å². The summed E-state index contributed by atoms with van der Waals surface area (Å²) in [7, 11) is 0. The molecule has 0 bridgehead atoms. The monoisotopic (exact) mass is 333 g/mol. The number of hydrogen-bond donors (Lipinski definition) is 3. The minimum atomic E-state index is -0.0308. The van der Waals surface area contributed by atoms with Crippen molar-refractivity contribution in [2.45, 2.75) is 51.1 Å². The number of hydrogen-bond acceptors (Lipinski definition) is 2. The van der Waals surface area contributed by atoms with Gasteiger partial charge in [-0.1, -0.05) is 12.8 Å². The number of anilines is 1. The van der Waals surface area contributed by atoms with E-state index in [1.165, 1.54) is 25.7 Å². The van der Waals surface area contributed by atoms with Crippen LogP contribution in [0.3, 0.4) is 0 Å². The lowest BCUT2D eigenvalue weighted by Gasteiger charge is -2.24. The molecule has 23 heavy (non-hydrogen) atoms. The maximum Gasteiger partial charge on any atom is 0.241 e. The van der Waals surface area contributed by atoms with Crippen LogP contribution in [0.4, 0.5) is 5.69 Å². The van der Waals surface area contributed by atoms with E-state index in [1.54, 1.807) is 0 Å². The molecule has 4 nitrogen and oxygen atoms in total. The first kappa shape index (κ1) is 16.3. The second-order valence-electron chi connectivity index (χ2n) is 6.85. The lowest BCUT2D eigenvalue weighted by atomic mass is 9.85. The third-order valence-corrected chi connectivity index (χ3v) is 5.20. The molecule has 1 amide bonds. The summed E-state index contributed by atoms with van der Waals surface area (Å²) in [6, 6.07) is 8.67. The van der Waals surface area contributed by atoms with Gasteiger partial charge in [-0.3, -0.25) is 4.79 Å². The lowest BCUT2D eigenvalue weighted by Crippen LogP contribution is -2.39. The molecule has 3 N–H and O–H groups in total. The minimum absolute atomic E-state index is 0. The molecule has 5 heteroatoms. The van der Waals surface area contributed by atoms with E-state index >= 15 is 0 Å². The van der Waals surface area contributed by atoms with E-state index in [-0.39, 0.29) is 24.4 Å². The van der Waals surface area contributed by atoms with Crippen LogP contribution in [0, 0.1) is 12.8 Å². The number of amides is 1. The van der Waals surface area contributed by atoms with Crippen LogP contribution in [-0.2, 0) is 4.79 Å². The van der Waals surface area contributed by atoms with Crippen LogP contribution in [0.25, 0.3) is 10.9 Å². The Morgan fingerprint density at radius 1 is 1.22 bits per heavy atom. The smallest absolute Gasteiger partial charge is 0.241 e. The van der Waals surface area contributed by atoms with Crippen molar-refractivity contribution in [3.05, 3.63) is 30.0 Å². The van der Waals surface area contributed by atoms with Crippen molar-refractivity contribution in [2.75, 3.05) is 5.32 Å². The molecule has 2 aromatic rings. The molecule has 1 aliphatic carbocycles. The number of halogens is 1. The maximum absolute atomic E-state index is 12.5. The summed E-state index contributed by atoms with van der Waals surface area (Å²) >= 11 is 0. The van der Waals surface area contributed by atoms with Gasteiger partial charge in [0.1, 0.15) is 0 Å². The first-order valence-electron chi connectivity index (χ1n) is 8.35. The lowest BCUT2D eigenvalue weighted by molar-refractivity contribution is -0.117. The molecule has 3 atom stereocenters. The molecule has 3 unspecified atom stereocenters. The van der Waals surface area contributed by atoms with E-state index in [2.05, 4.69) is 21.7 Å². The second kappa shape index (κ2) is 6.54. The van der Waals surface area contributed by atoms with Crippen molar-refractivity contribution in [2.24, 2.45) is 5.92 Å². The van der Waals surface area contributed by atoms with Gasteiger partial charge in [0.2, 0.25) is 5.91 Å². The van der Waals surface area contributed by atoms with Gasteiger partial charge in [0.05, 0.1) is 6.04 Å². The van der Waals surface area contributed by atoms with Crippen molar-refractivity contribution in [1.29, 1.82) is 0 Å². The minimum Gasteiger partial charge on any atom is -0.359 e. The van der Waals surface area contributed by atoms with E-state index in [4.69, 9.17) is 0 Å². The Kier molecular flexibility index (Phi) is 4.64. The topological polar surface area (TPSA) is 56.9 Å². The molecular weight excluding hydrogens is 310 g/mol. The van der Waals surface area contributed by atoms with Gasteiger partial charge in [-0.05, 0) is 56.4 Å². The highest BCUT2D eigenvalue weighted by Crippen LogP contribution is 2.33. The van der Waals surface area contributed by atoms with Crippen LogP contribution in [0.5, 0.6) is 0 Å². The molecule has 1 saturated heterocycles. The fraction of sp³-hybridized carbons (Fsp3) is 0.500. The van der Waals surface area contributed by atoms with Crippen LogP contribution >= 0.6 is 12.4 Å². The normalized spacial score (nSPS) is 26.6. The molecule has 1 aromatic carbocycles. The quantitative estimate of drug-likeness (QED) is 0.783. The predicted molar refractivity (Wildman–Crippen MR) is 96.2 cm³/mol. The summed E-state index contributed by atoms with van der Waals surface area (Å²) in [5.41, 5.74) is 3.13. The highest BCUT2D eigenvalue weighted by molar-refractivity contribution is 5.97. The Labute approximate surface area is 142 Å². The molecular formula is C18H24ClN3O. The number of aromatic nitrogens is 1. The van der Waals surface area contributed by atoms with Gasteiger partial charge >= 0.3 is 0 Å². The number of aromatic amines is 1. The van der Waals surface area contributed by atoms with Crippen molar-refractivity contribution in [3.8, 4) is 0 Å². The molecule has 0 radical (unpaired) electrons. The van der Waals surface area contributed by atoms with E-state index in [1.807, 2.05) is 25.1 Å². The number of rotatable bonds is 2. The predicted octanol–water partition coefficient (Wildman–Crippen LogP) is 3.76. The number of carbonyl (C=O) groups is 1. The average Bonchev–Trinajstić information content (AvgIpc) is 3.08. The Morgan fingerprint density at radius 2 is 2.04 bits per heavy atom. The van der Waals surface area contributed by atoms with Gasteiger partial charge in [0.15, 0.2) is 0 Å². The Hall–Kier alpha value is -1.52. The summed E-state index contributed by atoms with van der Waals surface area (Å²) in [5.74, 6) is 0.806. The molecule has 124 valence electrons. The average molecular weight is 334 g/mol. The summed E-state index contributed by atoms with van der Waals surface area (Å²) in [6.07, 6.45) is 6.10. The molecule has 4 rings (SSSR count). The molecule has 2 aliphatic rings. The van der Waals surface area contributed by atoms with Crippen molar-refractivity contribution < 1.29 is 4.79 Å². The van der Waals surface area contributed by atoms with Gasteiger partial charge in [-0.25, -0.2) is 0 Å². The third-order valence-electron chi connectivity index (χ3n) is 5.20. The fourth-order valence-corrected chi connectivity index (χ4v) is 4.11.